The molecule has 1 spiro atoms. The Hall–Kier alpha value is -1.46. The van der Waals surface area contributed by atoms with E-state index in [4.69, 9.17) is 9.47 Å². The van der Waals surface area contributed by atoms with Crippen molar-refractivity contribution in [3.8, 4) is 0 Å². The van der Waals surface area contributed by atoms with Crippen LogP contribution in [0.25, 0.3) is 0 Å². The third kappa shape index (κ3) is 3.15. The lowest BCUT2D eigenvalue weighted by Gasteiger charge is -2.38. The second-order valence-corrected chi connectivity index (χ2v) is 6.57. The van der Waals surface area contributed by atoms with Crippen LogP contribution >= 0.6 is 0 Å². The van der Waals surface area contributed by atoms with Crippen LogP contribution in [0.2, 0.25) is 0 Å². The zero-order valence-corrected chi connectivity index (χ0v) is 13.4. The summed E-state index contributed by atoms with van der Waals surface area (Å²) in [6, 6.07) is 3.75. The average Bonchev–Trinajstić information content (AvgIpc) is 2.91. The number of aromatic nitrogens is 1. The van der Waals surface area contributed by atoms with E-state index in [0.29, 0.717) is 12.2 Å². The van der Waals surface area contributed by atoms with Gasteiger partial charge >= 0.3 is 0 Å². The Balaban J connectivity index is 1.58. The number of rotatable bonds is 3. The molecule has 0 aromatic carbocycles. The van der Waals surface area contributed by atoms with Gasteiger partial charge in [-0.1, -0.05) is 0 Å². The number of piperidine rings is 1. The van der Waals surface area contributed by atoms with E-state index in [-0.39, 0.29) is 17.4 Å². The molecule has 3 rings (SSSR count). The first kappa shape index (κ1) is 15.4. The molecule has 0 bridgehead atoms. The lowest BCUT2D eigenvalue weighted by molar-refractivity contribution is 0.0281. The third-order valence-electron chi connectivity index (χ3n) is 4.91. The molecule has 2 aliphatic rings. The van der Waals surface area contributed by atoms with Gasteiger partial charge in [-0.2, -0.15) is 0 Å². The lowest BCUT2D eigenvalue weighted by atomic mass is 9.76. The molecule has 1 unspecified atom stereocenters. The van der Waals surface area contributed by atoms with E-state index in [1.165, 1.54) is 0 Å². The highest BCUT2D eigenvalue weighted by atomic mass is 16.5. The summed E-state index contributed by atoms with van der Waals surface area (Å²) in [7, 11) is 1.71. The SMILES string of the molecule is COCC1CC2(CCN(C(=O)c3ccc(C)nc3)CC2)CO1. The van der Waals surface area contributed by atoms with Crippen molar-refractivity contribution in [2.45, 2.75) is 32.3 Å². The topological polar surface area (TPSA) is 51.7 Å². The van der Waals surface area contributed by atoms with Crippen LogP contribution in [-0.4, -0.2) is 55.3 Å². The molecule has 0 saturated carbocycles. The minimum Gasteiger partial charge on any atom is -0.382 e. The normalized spacial score (nSPS) is 23.9. The summed E-state index contributed by atoms with van der Waals surface area (Å²) in [5.41, 5.74) is 1.86. The van der Waals surface area contributed by atoms with Gasteiger partial charge in [0, 0.05) is 32.1 Å². The monoisotopic (exact) mass is 304 g/mol. The van der Waals surface area contributed by atoms with E-state index in [1.54, 1.807) is 13.3 Å². The summed E-state index contributed by atoms with van der Waals surface area (Å²) in [5, 5.41) is 0. The Bertz CT molecular complexity index is 521. The summed E-state index contributed by atoms with van der Waals surface area (Å²) in [6.45, 7) is 5.00. The number of hydrogen-bond donors (Lipinski definition) is 0. The Labute approximate surface area is 131 Å². The predicted octanol–water partition coefficient (Wildman–Crippen LogP) is 2.05. The molecule has 0 radical (unpaired) electrons. The van der Waals surface area contributed by atoms with Crippen LogP contribution in [0.4, 0.5) is 0 Å². The van der Waals surface area contributed by atoms with E-state index in [2.05, 4.69) is 4.98 Å². The van der Waals surface area contributed by atoms with E-state index in [0.717, 1.165) is 44.7 Å². The van der Waals surface area contributed by atoms with Gasteiger partial charge in [0.05, 0.1) is 24.9 Å². The van der Waals surface area contributed by atoms with E-state index >= 15 is 0 Å². The molecule has 3 heterocycles. The van der Waals surface area contributed by atoms with Gasteiger partial charge in [0.15, 0.2) is 0 Å². The van der Waals surface area contributed by atoms with Crippen LogP contribution < -0.4 is 0 Å². The Morgan fingerprint density at radius 3 is 2.86 bits per heavy atom. The van der Waals surface area contributed by atoms with Crippen LogP contribution in [0.5, 0.6) is 0 Å². The largest absolute Gasteiger partial charge is 0.382 e. The van der Waals surface area contributed by atoms with Gasteiger partial charge in [-0.3, -0.25) is 9.78 Å². The molecule has 22 heavy (non-hydrogen) atoms. The number of amides is 1. The Morgan fingerprint density at radius 1 is 1.45 bits per heavy atom. The summed E-state index contributed by atoms with van der Waals surface area (Å²) in [6.07, 6.45) is 4.97. The fraction of sp³-hybridized carbons (Fsp3) is 0.647. The van der Waals surface area contributed by atoms with Crippen molar-refractivity contribution in [1.82, 2.24) is 9.88 Å². The minimum absolute atomic E-state index is 0.0923. The summed E-state index contributed by atoms with van der Waals surface area (Å²) >= 11 is 0. The van der Waals surface area contributed by atoms with Crippen LogP contribution in [-0.2, 0) is 9.47 Å². The van der Waals surface area contributed by atoms with E-state index in [9.17, 15) is 4.79 Å². The molecule has 1 aromatic rings. The zero-order chi connectivity index (χ0) is 15.6. The number of carbonyl (C=O) groups is 1. The van der Waals surface area contributed by atoms with Crippen molar-refractivity contribution in [2.24, 2.45) is 5.41 Å². The van der Waals surface area contributed by atoms with Crippen LogP contribution in [0.15, 0.2) is 18.3 Å². The van der Waals surface area contributed by atoms with Gasteiger partial charge in [-0.25, -0.2) is 0 Å². The number of methoxy groups -OCH3 is 1. The molecule has 0 aliphatic carbocycles. The van der Waals surface area contributed by atoms with Crippen LogP contribution in [0, 0.1) is 12.3 Å². The van der Waals surface area contributed by atoms with Gasteiger partial charge in [0.2, 0.25) is 0 Å². The van der Waals surface area contributed by atoms with Crippen molar-refractivity contribution >= 4 is 5.91 Å². The van der Waals surface area contributed by atoms with Gasteiger partial charge in [0.25, 0.3) is 5.91 Å². The molecule has 5 heteroatoms. The second-order valence-electron chi connectivity index (χ2n) is 6.57. The molecule has 1 aromatic heterocycles. The van der Waals surface area contributed by atoms with Crippen molar-refractivity contribution in [3.05, 3.63) is 29.6 Å². The number of likely N-dealkylation sites (tertiary alicyclic amines) is 1. The molecule has 120 valence electrons. The van der Waals surface area contributed by atoms with Crippen LogP contribution in [0.3, 0.4) is 0 Å². The van der Waals surface area contributed by atoms with E-state index in [1.807, 2.05) is 24.0 Å². The number of hydrogen-bond acceptors (Lipinski definition) is 4. The number of ether oxygens (including phenoxy) is 2. The predicted molar refractivity (Wildman–Crippen MR) is 82.8 cm³/mol. The van der Waals surface area contributed by atoms with Crippen molar-refractivity contribution in [2.75, 3.05) is 33.4 Å². The summed E-state index contributed by atoms with van der Waals surface area (Å²) < 4.78 is 11.0. The van der Waals surface area contributed by atoms with Crippen molar-refractivity contribution in [3.63, 3.8) is 0 Å². The maximum absolute atomic E-state index is 12.5. The van der Waals surface area contributed by atoms with Gasteiger partial charge < -0.3 is 14.4 Å². The standard InChI is InChI=1S/C17H24N2O3/c1-13-3-4-14(10-18-13)16(20)19-7-5-17(6-8-19)9-15(11-21-2)22-12-17/h3-4,10,15H,5-9,11-12H2,1-2H3. The average molecular weight is 304 g/mol. The first-order valence-electron chi connectivity index (χ1n) is 7.94. The molecule has 2 aliphatic heterocycles. The number of nitrogens with zero attached hydrogens (tertiary/aromatic N) is 2. The maximum Gasteiger partial charge on any atom is 0.255 e. The van der Waals surface area contributed by atoms with Crippen molar-refractivity contribution in [1.29, 1.82) is 0 Å². The van der Waals surface area contributed by atoms with E-state index < -0.39 is 0 Å². The van der Waals surface area contributed by atoms with Gasteiger partial charge in [-0.05, 0) is 43.7 Å². The maximum atomic E-state index is 12.5. The molecule has 0 N–H and O–H groups in total. The zero-order valence-electron chi connectivity index (χ0n) is 13.4. The Kier molecular flexibility index (Phi) is 4.45. The molecule has 2 fully saturated rings. The molecule has 1 atom stereocenters. The molecule has 2 saturated heterocycles. The smallest absolute Gasteiger partial charge is 0.255 e. The minimum atomic E-state index is 0.0923. The number of carbonyl (C=O) groups excluding carboxylic acids is 1. The highest BCUT2D eigenvalue weighted by molar-refractivity contribution is 5.94. The third-order valence-corrected chi connectivity index (χ3v) is 4.91. The second kappa shape index (κ2) is 6.34. The van der Waals surface area contributed by atoms with Crippen LogP contribution in [0.1, 0.15) is 35.3 Å². The molecule has 5 nitrogen and oxygen atoms in total. The van der Waals surface area contributed by atoms with Gasteiger partial charge in [0.1, 0.15) is 0 Å². The number of pyridine rings is 1. The highest BCUT2D eigenvalue weighted by Crippen LogP contribution is 2.42. The molecular weight excluding hydrogens is 280 g/mol. The Morgan fingerprint density at radius 2 is 2.23 bits per heavy atom. The molecule has 1 amide bonds. The van der Waals surface area contributed by atoms with Crippen molar-refractivity contribution < 1.29 is 14.3 Å². The fourth-order valence-electron chi connectivity index (χ4n) is 3.50. The fourth-order valence-corrected chi connectivity index (χ4v) is 3.50. The highest BCUT2D eigenvalue weighted by Gasteiger charge is 2.43. The first-order valence-corrected chi connectivity index (χ1v) is 7.94. The quantitative estimate of drug-likeness (QED) is 0.857. The summed E-state index contributed by atoms with van der Waals surface area (Å²) in [4.78, 5) is 18.7. The number of aryl methyl sites for hydroxylation is 1. The molecular formula is C17H24N2O3. The summed E-state index contributed by atoms with van der Waals surface area (Å²) in [5.74, 6) is 0.0923. The van der Waals surface area contributed by atoms with Gasteiger partial charge in [-0.15, -0.1) is 0 Å². The first-order chi connectivity index (χ1) is 10.6. The lowest BCUT2D eigenvalue weighted by Crippen LogP contribution is -2.43.